The highest BCUT2D eigenvalue weighted by Crippen LogP contribution is 2.19. The molecule has 0 bridgehead atoms. The van der Waals surface area contributed by atoms with E-state index in [1.165, 1.54) is 0 Å². The Bertz CT molecular complexity index is 862. The summed E-state index contributed by atoms with van der Waals surface area (Å²) in [4.78, 5) is 24.5. The normalized spacial score (nSPS) is 14.3. The molecule has 1 aliphatic rings. The van der Waals surface area contributed by atoms with Crippen molar-refractivity contribution in [1.29, 1.82) is 0 Å². The largest absolute Gasteiger partial charge is 0.352 e. The van der Waals surface area contributed by atoms with Gasteiger partial charge in [-0.3, -0.25) is 14.8 Å². The zero-order valence-electron chi connectivity index (χ0n) is 14.2. The lowest BCUT2D eigenvalue weighted by atomic mass is 10.2. The van der Waals surface area contributed by atoms with Gasteiger partial charge in [-0.1, -0.05) is 0 Å². The Morgan fingerprint density at radius 2 is 1.42 bits per heavy atom. The number of amides is 1. The highest BCUT2D eigenvalue weighted by molar-refractivity contribution is 5.94. The summed E-state index contributed by atoms with van der Waals surface area (Å²) < 4.78 is 0. The molecule has 1 fully saturated rings. The van der Waals surface area contributed by atoms with E-state index in [4.69, 9.17) is 0 Å². The van der Waals surface area contributed by atoms with E-state index in [0.29, 0.717) is 18.7 Å². The first-order valence-electron chi connectivity index (χ1n) is 8.49. The van der Waals surface area contributed by atoms with E-state index in [1.807, 2.05) is 29.2 Å². The molecule has 3 aromatic heterocycles. The number of hydrogen-bond donors (Lipinski definition) is 0. The molecule has 0 atom stereocenters. The molecule has 0 aromatic carbocycles. The van der Waals surface area contributed by atoms with Crippen molar-refractivity contribution >= 4 is 11.7 Å². The maximum atomic E-state index is 12.5. The zero-order valence-corrected chi connectivity index (χ0v) is 14.2. The van der Waals surface area contributed by atoms with Gasteiger partial charge in [-0.05, 0) is 36.4 Å². The minimum Gasteiger partial charge on any atom is -0.352 e. The number of carbonyl (C=O) groups is 1. The van der Waals surface area contributed by atoms with Gasteiger partial charge in [0.15, 0.2) is 5.82 Å². The van der Waals surface area contributed by atoms with Gasteiger partial charge in [0.2, 0.25) is 0 Å². The molecule has 0 aliphatic carbocycles. The number of pyridine rings is 2. The van der Waals surface area contributed by atoms with Crippen molar-refractivity contribution in [2.45, 2.75) is 0 Å². The summed E-state index contributed by atoms with van der Waals surface area (Å²) in [5.41, 5.74) is 2.49. The Balaban J connectivity index is 1.40. The van der Waals surface area contributed by atoms with Crippen molar-refractivity contribution in [1.82, 2.24) is 25.1 Å². The molecule has 0 N–H and O–H groups in total. The summed E-state index contributed by atoms with van der Waals surface area (Å²) >= 11 is 0. The second-order valence-corrected chi connectivity index (χ2v) is 6.03. The average molecular weight is 346 g/mol. The fraction of sp³-hybridized carbons (Fsp3) is 0.211. The van der Waals surface area contributed by atoms with Crippen LogP contribution in [0.2, 0.25) is 0 Å². The molecule has 130 valence electrons. The number of carbonyl (C=O) groups excluding carboxylic acids is 1. The van der Waals surface area contributed by atoms with Crippen LogP contribution in [0.1, 0.15) is 10.4 Å². The maximum Gasteiger partial charge on any atom is 0.254 e. The fourth-order valence-corrected chi connectivity index (χ4v) is 2.99. The van der Waals surface area contributed by atoms with Gasteiger partial charge in [0, 0.05) is 62.1 Å². The van der Waals surface area contributed by atoms with Crippen LogP contribution in [0.15, 0.2) is 61.2 Å². The summed E-state index contributed by atoms with van der Waals surface area (Å²) in [6, 6.07) is 11.3. The molecule has 0 radical (unpaired) electrons. The Labute approximate surface area is 151 Å². The third-order valence-corrected chi connectivity index (χ3v) is 4.44. The number of anilines is 1. The molecule has 1 amide bonds. The number of hydrogen-bond acceptors (Lipinski definition) is 6. The van der Waals surface area contributed by atoms with Crippen LogP contribution >= 0.6 is 0 Å². The maximum absolute atomic E-state index is 12.5. The van der Waals surface area contributed by atoms with E-state index >= 15 is 0 Å². The van der Waals surface area contributed by atoms with Crippen LogP contribution in [0.4, 0.5) is 5.82 Å². The van der Waals surface area contributed by atoms with Crippen LogP contribution in [0.3, 0.4) is 0 Å². The Morgan fingerprint density at radius 3 is 2.04 bits per heavy atom. The zero-order chi connectivity index (χ0) is 17.8. The van der Waals surface area contributed by atoms with Crippen molar-refractivity contribution in [3.8, 4) is 11.3 Å². The molecule has 4 rings (SSSR count). The molecule has 4 heterocycles. The second-order valence-electron chi connectivity index (χ2n) is 6.03. The molecule has 0 spiro atoms. The minimum atomic E-state index is 0.0474. The summed E-state index contributed by atoms with van der Waals surface area (Å²) in [6.07, 6.45) is 6.76. The van der Waals surface area contributed by atoms with Crippen LogP contribution in [0.5, 0.6) is 0 Å². The smallest absolute Gasteiger partial charge is 0.254 e. The molecular weight excluding hydrogens is 328 g/mol. The molecular formula is C19H18N6O. The van der Waals surface area contributed by atoms with Gasteiger partial charge in [-0.2, -0.15) is 0 Å². The Morgan fingerprint density at radius 1 is 0.769 bits per heavy atom. The van der Waals surface area contributed by atoms with Crippen molar-refractivity contribution in [3.05, 3.63) is 66.7 Å². The lowest BCUT2D eigenvalue weighted by Gasteiger charge is -2.35. The third-order valence-electron chi connectivity index (χ3n) is 4.44. The van der Waals surface area contributed by atoms with E-state index in [9.17, 15) is 4.79 Å². The molecule has 7 nitrogen and oxygen atoms in total. The number of rotatable bonds is 3. The molecule has 26 heavy (non-hydrogen) atoms. The lowest BCUT2D eigenvalue weighted by Crippen LogP contribution is -2.49. The van der Waals surface area contributed by atoms with Crippen molar-refractivity contribution in [2.24, 2.45) is 0 Å². The standard InChI is InChI=1S/C19H18N6O/c26-19(16-5-9-21-10-6-16)25-13-11-24(12-14-25)18-2-1-17(22-23-18)15-3-7-20-8-4-15/h1-10H,11-14H2. The molecule has 1 saturated heterocycles. The quantitative estimate of drug-likeness (QED) is 0.721. The summed E-state index contributed by atoms with van der Waals surface area (Å²) in [5, 5.41) is 8.67. The molecule has 0 unspecified atom stereocenters. The van der Waals surface area contributed by atoms with Crippen LogP contribution < -0.4 is 4.90 Å². The van der Waals surface area contributed by atoms with Crippen LogP contribution in [-0.2, 0) is 0 Å². The van der Waals surface area contributed by atoms with E-state index in [1.54, 1.807) is 36.9 Å². The van der Waals surface area contributed by atoms with Gasteiger partial charge in [0.1, 0.15) is 0 Å². The first kappa shape index (κ1) is 16.1. The first-order valence-corrected chi connectivity index (χ1v) is 8.49. The van der Waals surface area contributed by atoms with Crippen LogP contribution in [0.25, 0.3) is 11.3 Å². The summed E-state index contributed by atoms with van der Waals surface area (Å²) in [5.74, 6) is 0.880. The van der Waals surface area contributed by atoms with E-state index in [-0.39, 0.29) is 5.91 Å². The first-order chi connectivity index (χ1) is 12.8. The van der Waals surface area contributed by atoms with Gasteiger partial charge in [-0.15, -0.1) is 10.2 Å². The van der Waals surface area contributed by atoms with Gasteiger partial charge < -0.3 is 9.80 Å². The fourth-order valence-electron chi connectivity index (χ4n) is 2.99. The highest BCUT2D eigenvalue weighted by atomic mass is 16.2. The lowest BCUT2D eigenvalue weighted by molar-refractivity contribution is 0.0746. The van der Waals surface area contributed by atoms with Gasteiger partial charge in [0.05, 0.1) is 5.69 Å². The Hall–Kier alpha value is -3.35. The van der Waals surface area contributed by atoms with E-state index in [0.717, 1.165) is 30.2 Å². The molecule has 3 aromatic rings. The number of nitrogens with zero attached hydrogens (tertiary/aromatic N) is 6. The van der Waals surface area contributed by atoms with Gasteiger partial charge in [-0.25, -0.2) is 0 Å². The molecule has 0 saturated carbocycles. The van der Waals surface area contributed by atoms with Crippen molar-refractivity contribution in [2.75, 3.05) is 31.1 Å². The van der Waals surface area contributed by atoms with E-state index < -0.39 is 0 Å². The van der Waals surface area contributed by atoms with Gasteiger partial charge in [0.25, 0.3) is 5.91 Å². The minimum absolute atomic E-state index is 0.0474. The van der Waals surface area contributed by atoms with Crippen molar-refractivity contribution in [3.63, 3.8) is 0 Å². The number of aromatic nitrogens is 4. The third kappa shape index (κ3) is 3.37. The summed E-state index contributed by atoms with van der Waals surface area (Å²) in [6.45, 7) is 2.80. The SMILES string of the molecule is O=C(c1ccncc1)N1CCN(c2ccc(-c3ccncc3)nn2)CC1. The Kier molecular flexibility index (Phi) is 4.51. The van der Waals surface area contributed by atoms with Crippen LogP contribution in [0, 0.1) is 0 Å². The van der Waals surface area contributed by atoms with Gasteiger partial charge >= 0.3 is 0 Å². The average Bonchev–Trinajstić information content (AvgIpc) is 2.75. The predicted molar refractivity (Wildman–Crippen MR) is 97.6 cm³/mol. The summed E-state index contributed by atoms with van der Waals surface area (Å²) in [7, 11) is 0. The topological polar surface area (TPSA) is 75.1 Å². The predicted octanol–water partition coefficient (Wildman–Crippen LogP) is 1.90. The van der Waals surface area contributed by atoms with E-state index in [2.05, 4.69) is 25.1 Å². The molecule has 7 heteroatoms. The highest BCUT2D eigenvalue weighted by Gasteiger charge is 2.23. The number of piperazine rings is 1. The second kappa shape index (κ2) is 7.26. The molecule has 1 aliphatic heterocycles. The monoisotopic (exact) mass is 346 g/mol. The van der Waals surface area contributed by atoms with Crippen LogP contribution in [-0.4, -0.2) is 57.2 Å². The van der Waals surface area contributed by atoms with Crippen molar-refractivity contribution < 1.29 is 4.79 Å².